The van der Waals surface area contributed by atoms with Crippen LogP contribution in [0.25, 0.3) is 0 Å². The first-order valence-corrected chi connectivity index (χ1v) is 12.1. The lowest BCUT2D eigenvalue weighted by Gasteiger charge is -2.49. The summed E-state index contributed by atoms with van der Waals surface area (Å²) in [6.07, 6.45) is 7.80. The highest BCUT2D eigenvalue weighted by atomic mass is 28.4. The standard InChI is InChI=1S/C19H36O2Si/c1-14(13-20)15-10-11-16-17(9-8-12-19(15,16)5)21-22(6,7)18(2,3)4/h13-17H,8-12H2,1-7H3/t14-,15?,16?,17+,19?/m1/s1. The van der Waals surface area contributed by atoms with Gasteiger partial charge in [0.15, 0.2) is 8.32 Å². The van der Waals surface area contributed by atoms with Crippen molar-refractivity contribution in [2.75, 3.05) is 0 Å². The second-order valence-electron chi connectivity index (χ2n) is 9.60. The molecule has 2 fully saturated rings. The molecule has 0 bridgehead atoms. The van der Waals surface area contributed by atoms with Crippen molar-refractivity contribution in [2.45, 2.75) is 91.0 Å². The number of hydrogen-bond donors (Lipinski definition) is 0. The van der Waals surface area contributed by atoms with Gasteiger partial charge < -0.3 is 9.22 Å². The van der Waals surface area contributed by atoms with Crippen LogP contribution in [0.4, 0.5) is 0 Å². The summed E-state index contributed by atoms with van der Waals surface area (Å²) in [5, 5.41) is 0.273. The van der Waals surface area contributed by atoms with E-state index in [-0.39, 0.29) is 11.0 Å². The van der Waals surface area contributed by atoms with E-state index in [0.717, 1.165) is 0 Å². The van der Waals surface area contributed by atoms with E-state index in [9.17, 15) is 4.79 Å². The lowest BCUT2D eigenvalue weighted by molar-refractivity contribution is -0.114. The Labute approximate surface area is 138 Å². The van der Waals surface area contributed by atoms with Gasteiger partial charge in [0.25, 0.3) is 0 Å². The molecule has 2 nitrogen and oxygen atoms in total. The minimum Gasteiger partial charge on any atom is -0.414 e. The third-order valence-electron chi connectivity index (χ3n) is 7.24. The molecule has 0 N–H and O–H groups in total. The van der Waals surface area contributed by atoms with Crippen LogP contribution in [0.5, 0.6) is 0 Å². The molecule has 0 radical (unpaired) electrons. The Morgan fingerprint density at radius 2 is 1.86 bits per heavy atom. The van der Waals surface area contributed by atoms with Crippen LogP contribution in [-0.2, 0) is 9.22 Å². The second kappa shape index (κ2) is 6.05. The van der Waals surface area contributed by atoms with E-state index in [2.05, 4.69) is 47.7 Å². The fraction of sp³-hybridized carbons (Fsp3) is 0.947. The predicted octanol–water partition coefficient (Wildman–Crippen LogP) is 5.43. The summed E-state index contributed by atoms with van der Waals surface area (Å²) in [5.74, 6) is 1.41. The zero-order valence-corrected chi connectivity index (χ0v) is 16.7. The van der Waals surface area contributed by atoms with Crippen LogP contribution in [0.3, 0.4) is 0 Å². The topological polar surface area (TPSA) is 26.3 Å². The Balaban J connectivity index is 2.18. The second-order valence-corrected chi connectivity index (χ2v) is 14.4. The zero-order valence-electron chi connectivity index (χ0n) is 15.7. The summed E-state index contributed by atoms with van der Waals surface area (Å²) in [6, 6.07) is 0. The average Bonchev–Trinajstić information content (AvgIpc) is 2.74. The van der Waals surface area contributed by atoms with Crippen molar-refractivity contribution < 1.29 is 9.22 Å². The zero-order chi connectivity index (χ0) is 16.8. The summed E-state index contributed by atoms with van der Waals surface area (Å²) in [6.45, 7) is 16.3. The molecule has 2 rings (SSSR count). The van der Waals surface area contributed by atoms with E-state index in [0.29, 0.717) is 23.4 Å². The number of carbonyl (C=O) groups is 1. The first kappa shape index (κ1) is 18.2. The lowest BCUT2D eigenvalue weighted by Crippen LogP contribution is -2.50. The van der Waals surface area contributed by atoms with Crippen molar-refractivity contribution in [1.82, 2.24) is 0 Å². The smallest absolute Gasteiger partial charge is 0.192 e. The van der Waals surface area contributed by atoms with Crippen LogP contribution in [0.15, 0.2) is 0 Å². The van der Waals surface area contributed by atoms with E-state index in [1.54, 1.807) is 0 Å². The van der Waals surface area contributed by atoms with Gasteiger partial charge in [0.2, 0.25) is 0 Å². The fourth-order valence-electron chi connectivity index (χ4n) is 4.81. The van der Waals surface area contributed by atoms with Gasteiger partial charge in [-0.15, -0.1) is 0 Å². The Hall–Kier alpha value is -0.153. The van der Waals surface area contributed by atoms with Crippen LogP contribution in [-0.4, -0.2) is 20.7 Å². The lowest BCUT2D eigenvalue weighted by atomic mass is 9.62. The predicted molar refractivity (Wildman–Crippen MR) is 95.5 cm³/mol. The summed E-state index contributed by atoms with van der Waals surface area (Å²) in [4.78, 5) is 11.3. The molecule has 3 unspecified atom stereocenters. The molecule has 0 aliphatic heterocycles. The van der Waals surface area contributed by atoms with Crippen molar-refractivity contribution >= 4 is 14.6 Å². The molecule has 2 aliphatic carbocycles. The normalized spacial score (nSPS) is 37.7. The molecule has 0 amide bonds. The summed E-state index contributed by atoms with van der Waals surface area (Å²) in [7, 11) is -1.71. The highest BCUT2D eigenvalue weighted by Crippen LogP contribution is 2.58. The van der Waals surface area contributed by atoms with Gasteiger partial charge in [0, 0.05) is 12.0 Å². The number of rotatable bonds is 4. The Bertz CT molecular complexity index is 412. The SMILES string of the molecule is C[C@H](C=O)C1CCC2[C@@H](O[Si](C)(C)C(C)(C)C)CCCC12C. The number of carbonyl (C=O) groups excluding carboxylic acids is 1. The molecule has 2 saturated carbocycles. The average molecular weight is 325 g/mol. The van der Waals surface area contributed by atoms with E-state index < -0.39 is 8.32 Å². The van der Waals surface area contributed by atoms with E-state index >= 15 is 0 Å². The molecule has 0 aromatic heterocycles. The first-order chi connectivity index (χ1) is 10.0. The van der Waals surface area contributed by atoms with Crippen molar-refractivity contribution in [3.63, 3.8) is 0 Å². The molecule has 3 heteroatoms. The van der Waals surface area contributed by atoms with Crippen LogP contribution in [0, 0.1) is 23.2 Å². The van der Waals surface area contributed by atoms with Crippen LogP contribution in [0.1, 0.15) is 66.7 Å². The van der Waals surface area contributed by atoms with Gasteiger partial charge in [-0.25, -0.2) is 0 Å². The van der Waals surface area contributed by atoms with E-state index in [4.69, 9.17) is 4.43 Å². The Morgan fingerprint density at radius 3 is 2.41 bits per heavy atom. The quantitative estimate of drug-likeness (QED) is 0.509. The molecule has 0 spiro atoms. The van der Waals surface area contributed by atoms with Gasteiger partial charge in [-0.3, -0.25) is 0 Å². The number of aldehydes is 1. The molecule has 0 aromatic rings. The molecule has 5 atom stereocenters. The molecule has 2 aliphatic rings. The van der Waals surface area contributed by atoms with Gasteiger partial charge in [0.1, 0.15) is 6.29 Å². The van der Waals surface area contributed by atoms with Gasteiger partial charge in [-0.2, -0.15) is 0 Å². The van der Waals surface area contributed by atoms with Gasteiger partial charge in [0.05, 0.1) is 0 Å². The molecular weight excluding hydrogens is 288 g/mol. The Kier molecular flexibility index (Phi) is 5.00. The molecule has 0 heterocycles. The number of fused-ring (bicyclic) bond motifs is 1. The minimum atomic E-state index is -1.71. The summed E-state index contributed by atoms with van der Waals surface area (Å²) < 4.78 is 6.83. The molecule has 0 saturated heterocycles. The number of hydrogen-bond acceptors (Lipinski definition) is 2. The molecule has 128 valence electrons. The summed E-state index contributed by atoms with van der Waals surface area (Å²) in [5.41, 5.74) is 0.311. The maximum Gasteiger partial charge on any atom is 0.192 e. The van der Waals surface area contributed by atoms with E-state index in [1.165, 1.54) is 38.4 Å². The third kappa shape index (κ3) is 3.08. The highest BCUT2D eigenvalue weighted by Gasteiger charge is 2.54. The van der Waals surface area contributed by atoms with Crippen LogP contribution < -0.4 is 0 Å². The van der Waals surface area contributed by atoms with Crippen LogP contribution >= 0.6 is 0 Å². The van der Waals surface area contributed by atoms with Crippen molar-refractivity contribution in [3.05, 3.63) is 0 Å². The Morgan fingerprint density at radius 1 is 1.23 bits per heavy atom. The maximum absolute atomic E-state index is 11.3. The highest BCUT2D eigenvalue weighted by molar-refractivity contribution is 6.74. The maximum atomic E-state index is 11.3. The fourth-order valence-corrected chi connectivity index (χ4v) is 6.21. The monoisotopic (exact) mass is 324 g/mol. The minimum absolute atomic E-state index is 0.196. The largest absolute Gasteiger partial charge is 0.414 e. The van der Waals surface area contributed by atoms with Crippen molar-refractivity contribution in [2.24, 2.45) is 23.2 Å². The first-order valence-electron chi connectivity index (χ1n) is 9.16. The van der Waals surface area contributed by atoms with Gasteiger partial charge >= 0.3 is 0 Å². The molecule has 0 aromatic carbocycles. The summed E-state index contributed by atoms with van der Waals surface area (Å²) >= 11 is 0. The van der Waals surface area contributed by atoms with Crippen LogP contribution in [0.2, 0.25) is 18.1 Å². The van der Waals surface area contributed by atoms with Crippen molar-refractivity contribution in [1.29, 1.82) is 0 Å². The van der Waals surface area contributed by atoms with Gasteiger partial charge in [-0.1, -0.05) is 41.0 Å². The van der Waals surface area contributed by atoms with Crippen molar-refractivity contribution in [3.8, 4) is 0 Å². The molecular formula is C19H36O2Si. The third-order valence-corrected chi connectivity index (χ3v) is 11.7. The van der Waals surface area contributed by atoms with Gasteiger partial charge in [-0.05, 0) is 61.1 Å². The molecule has 22 heavy (non-hydrogen) atoms. The van der Waals surface area contributed by atoms with E-state index in [1.807, 2.05) is 0 Å².